The molecule has 2 nitrogen and oxygen atoms in total. The molecular weight excluding hydrogens is 282 g/mol. The lowest BCUT2D eigenvalue weighted by atomic mass is 9.94. The first-order chi connectivity index (χ1) is 11.2. The lowest BCUT2D eigenvalue weighted by Gasteiger charge is -2.15. The number of aldehydes is 1. The summed E-state index contributed by atoms with van der Waals surface area (Å²) in [5.41, 5.74) is 5.93. The predicted molar refractivity (Wildman–Crippen MR) is 98.3 cm³/mol. The molecule has 1 N–H and O–H groups in total. The molecule has 0 saturated carbocycles. The quantitative estimate of drug-likeness (QED) is 0.593. The standard InChI is InChI=1S/C21H23NO/c1-4-5-8-19-16(2)7-6-9-20(19)17-10-12-18(13-11-17)21(22-3)14-15-23/h4-13,15,21-22H,1,14H2,2-3H3/b8-5-. The Bertz CT molecular complexity index is 698. The zero-order valence-electron chi connectivity index (χ0n) is 13.8. The molecule has 2 rings (SSSR count). The van der Waals surface area contributed by atoms with Gasteiger partial charge in [0.25, 0.3) is 0 Å². The summed E-state index contributed by atoms with van der Waals surface area (Å²) in [7, 11) is 1.88. The molecule has 0 aliphatic carbocycles. The molecule has 0 saturated heterocycles. The second-order valence-electron chi connectivity index (χ2n) is 5.50. The van der Waals surface area contributed by atoms with Crippen LogP contribution in [0.2, 0.25) is 0 Å². The number of allylic oxidation sites excluding steroid dienone is 2. The average Bonchev–Trinajstić information content (AvgIpc) is 2.58. The maximum atomic E-state index is 10.8. The zero-order chi connectivity index (χ0) is 16.7. The van der Waals surface area contributed by atoms with Crippen molar-refractivity contribution in [2.75, 3.05) is 7.05 Å². The minimum Gasteiger partial charge on any atom is -0.313 e. The summed E-state index contributed by atoms with van der Waals surface area (Å²) in [6.45, 7) is 5.86. The van der Waals surface area contributed by atoms with Crippen molar-refractivity contribution >= 4 is 12.4 Å². The molecule has 0 spiro atoms. The Kier molecular flexibility index (Phi) is 6.07. The summed E-state index contributed by atoms with van der Waals surface area (Å²) in [4.78, 5) is 10.8. The summed E-state index contributed by atoms with van der Waals surface area (Å²) < 4.78 is 0. The molecule has 2 aromatic carbocycles. The molecule has 1 unspecified atom stereocenters. The largest absolute Gasteiger partial charge is 0.313 e. The molecule has 23 heavy (non-hydrogen) atoms. The van der Waals surface area contributed by atoms with E-state index < -0.39 is 0 Å². The summed E-state index contributed by atoms with van der Waals surface area (Å²) in [5, 5.41) is 3.17. The molecule has 0 aliphatic rings. The topological polar surface area (TPSA) is 29.1 Å². The van der Waals surface area contributed by atoms with Crippen LogP contribution in [0, 0.1) is 6.92 Å². The highest BCUT2D eigenvalue weighted by Crippen LogP contribution is 2.28. The molecule has 0 aliphatic heterocycles. The van der Waals surface area contributed by atoms with Crippen molar-refractivity contribution in [2.45, 2.75) is 19.4 Å². The number of nitrogens with one attached hydrogen (secondary N) is 1. The van der Waals surface area contributed by atoms with E-state index in [4.69, 9.17) is 0 Å². The normalized spacial score (nSPS) is 12.3. The molecule has 0 aromatic heterocycles. The Hall–Kier alpha value is -2.45. The van der Waals surface area contributed by atoms with Gasteiger partial charge in [-0.05, 0) is 41.8 Å². The second-order valence-corrected chi connectivity index (χ2v) is 5.50. The number of hydrogen-bond acceptors (Lipinski definition) is 2. The van der Waals surface area contributed by atoms with E-state index in [0.717, 1.165) is 11.8 Å². The average molecular weight is 305 g/mol. The highest BCUT2D eigenvalue weighted by Gasteiger charge is 2.10. The van der Waals surface area contributed by atoms with Gasteiger partial charge in [0.2, 0.25) is 0 Å². The third-order valence-corrected chi connectivity index (χ3v) is 4.03. The van der Waals surface area contributed by atoms with E-state index in [9.17, 15) is 4.79 Å². The Morgan fingerprint density at radius 3 is 2.52 bits per heavy atom. The highest BCUT2D eigenvalue weighted by atomic mass is 16.1. The SMILES string of the molecule is C=C/C=C\c1c(C)cccc1-c1ccc(C(CC=O)NC)cc1. The molecule has 0 fully saturated rings. The number of carbonyl (C=O) groups is 1. The van der Waals surface area contributed by atoms with Crippen LogP contribution in [0.15, 0.2) is 61.2 Å². The van der Waals surface area contributed by atoms with Gasteiger partial charge in [-0.25, -0.2) is 0 Å². The van der Waals surface area contributed by atoms with Gasteiger partial charge in [-0.15, -0.1) is 0 Å². The van der Waals surface area contributed by atoms with E-state index in [-0.39, 0.29) is 6.04 Å². The van der Waals surface area contributed by atoms with Gasteiger partial charge in [0.15, 0.2) is 0 Å². The molecular formula is C21H23NO. The summed E-state index contributed by atoms with van der Waals surface area (Å²) in [6.07, 6.45) is 7.27. The molecule has 2 aromatic rings. The fraction of sp³-hybridized carbons (Fsp3) is 0.190. The summed E-state index contributed by atoms with van der Waals surface area (Å²) in [5.74, 6) is 0. The Balaban J connectivity index is 2.40. The van der Waals surface area contributed by atoms with Crippen LogP contribution in [0.3, 0.4) is 0 Å². The maximum Gasteiger partial charge on any atom is 0.121 e. The Morgan fingerprint density at radius 1 is 1.17 bits per heavy atom. The van der Waals surface area contributed by atoms with Crippen LogP contribution in [0.25, 0.3) is 17.2 Å². The van der Waals surface area contributed by atoms with Gasteiger partial charge in [0.05, 0.1) is 0 Å². The number of rotatable bonds is 7. The van der Waals surface area contributed by atoms with Crippen molar-refractivity contribution in [3.8, 4) is 11.1 Å². The van der Waals surface area contributed by atoms with Gasteiger partial charge in [-0.3, -0.25) is 0 Å². The van der Waals surface area contributed by atoms with Crippen LogP contribution in [0.4, 0.5) is 0 Å². The van der Waals surface area contributed by atoms with Gasteiger partial charge in [0.1, 0.15) is 6.29 Å². The maximum absolute atomic E-state index is 10.8. The summed E-state index contributed by atoms with van der Waals surface area (Å²) >= 11 is 0. The van der Waals surface area contributed by atoms with E-state index >= 15 is 0 Å². The lowest BCUT2D eigenvalue weighted by Crippen LogP contribution is -2.16. The molecule has 0 bridgehead atoms. The van der Waals surface area contributed by atoms with Crippen LogP contribution in [0.5, 0.6) is 0 Å². The van der Waals surface area contributed by atoms with Crippen LogP contribution in [-0.2, 0) is 4.79 Å². The van der Waals surface area contributed by atoms with Gasteiger partial charge in [-0.2, -0.15) is 0 Å². The second kappa shape index (κ2) is 8.25. The van der Waals surface area contributed by atoms with Crippen molar-refractivity contribution in [3.05, 3.63) is 77.9 Å². The third kappa shape index (κ3) is 4.05. The molecule has 1 atom stereocenters. The minimum absolute atomic E-state index is 0.0687. The third-order valence-electron chi connectivity index (χ3n) is 4.03. The van der Waals surface area contributed by atoms with Crippen molar-refractivity contribution in [1.82, 2.24) is 5.32 Å². The first kappa shape index (κ1) is 16.9. The summed E-state index contributed by atoms with van der Waals surface area (Å²) in [6, 6.07) is 14.8. The first-order valence-corrected chi connectivity index (χ1v) is 7.81. The van der Waals surface area contributed by atoms with Gasteiger partial charge in [-0.1, -0.05) is 67.3 Å². The lowest BCUT2D eigenvalue weighted by molar-refractivity contribution is -0.108. The zero-order valence-corrected chi connectivity index (χ0v) is 13.8. The van der Waals surface area contributed by atoms with Crippen LogP contribution < -0.4 is 5.32 Å². The van der Waals surface area contributed by atoms with Crippen LogP contribution in [0.1, 0.15) is 29.2 Å². The smallest absolute Gasteiger partial charge is 0.121 e. The fourth-order valence-electron chi connectivity index (χ4n) is 2.73. The van der Waals surface area contributed by atoms with Crippen LogP contribution >= 0.6 is 0 Å². The van der Waals surface area contributed by atoms with Gasteiger partial charge >= 0.3 is 0 Å². The van der Waals surface area contributed by atoms with Crippen LogP contribution in [-0.4, -0.2) is 13.3 Å². The monoisotopic (exact) mass is 305 g/mol. The van der Waals surface area contributed by atoms with Crippen molar-refractivity contribution < 1.29 is 4.79 Å². The molecule has 2 heteroatoms. The van der Waals surface area contributed by atoms with E-state index in [1.807, 2.05) is 13.1 Å². The Labute approximate surface area is 138 Å². The molecule has 0 amide bonds. The minimum atomic E-state index is 0.0687. The predicted octanol–water partition coefficient (Wildman–Crippen LogP) is 4.71. The first-order valence-electron chi connectivity index (χ1n) is 7.81. The molecule has 118 valence electrons. The van der Waals surface area contributed by atoms with Gasteiger partial charge in [0, 0.05) is 12.5 Å². The van der Waals surface area contributed by atoms with Gasteiger partial charge < -0.3 is 10.1 Å². The van der Waals surface area contributed by atoms with E-state index in [1.165, 1.54) is 22.3 Å². The van der Waals surface area contributed by atoms with E-state index in [1.54, 1.807) is 6.08 Å². The molecule has 0 heterocycles. The van der Waals surface area contributed by atoms with Crippen molar-refractivity contribution in [1.29, 1.82) is 0 Å². The van der Waals surface area contributed by atoms with E-state index in [2.05, 4.69) is 67.4 Å². The Morgan fingerprint density at radius 2 is 1.91 bits per heavy atom. The van der Waals surface area contributed by atoms with E-state index in [0.29, 0.717) is 6.42 Å². The number of carbonyl (C=O) groups excluding carboxylic acids is 1. The number of benzene rings is 2. The number of hydrogen-bond donors (Lipinski definition) is 1. The van der Waals surface area contributed by atoms with Crippen molar-refractivity contribution in [2.24, 2.45) is 0 Å². The van der Waals surface area contributed by atoms with Crippen molar-refractivity contribution in [3.63, 3.8) is 0 Å². The fourth-order valence-corrected chi connectivity index (χ4v) is 2.73. The highest BCUT2D eigenvalue weighted by molar-refractivity contribution is 5.77. The molecule has 0 radical (unpaired) electrons. The number of aryl methyl sites for hydroxylation is 1.